The molecule has 0 bridgehead atoms. The SMILES string of the molecule is O=CC(c1ccccc1)N1CCC(CC(CO)NC(=O)[C@H](CC2CCCCC2)NC(=O)OCc2cccc(Cl)c2)C1. The molecule has 4 rings (SSSR count). The molecule has 1 aliphatic carbocycles. The van der Waals surface area contributed by atoms with Crippen LogP contribution in [0.25, 0.3) is 0 Å². The first-order chi connectivity index (χ1) is 19.9. The molecule has 2 aliphatic rings. The van der Waals surface area contributed by atoms with Crippen molar-refractivity contribution in [3.05, 3.63) is 70.7 Å². The van der Waals surface area contributed by atoms with E-state index in [2.05, 4.69) is 15.5 Å². The smallest absolute Gasteiger partial charge is 0.408 e. The van der Waals surface area contributed by atoms with Gasteiger partial charge in [-0.1, -0.05) is 86.2 Å². The lowest BCUT2D eigenvalue weighted by atomic mass is 9.84. The quantitative estimate of drug-likeness (QED) is 0.285. The number of halogens is 1. The number of ether oxygens (including phenoxy) is 1. The van der Waals surface area contributed by atoms with Gasteiger partial charge in [0.2, 0.25) is 5.91 Å². The fourth-order valence-electron chi connectivity index (χ4n) is 6.16. The molecule has 1 aliphatic heterocycles. The molecule has 41 heavy (non-hydrogen) atoms. The number of aldehydes is 1. The Morgan fingerprint density at radius 3 is 2.49 bits per heavy atom. The number of amides is 2. The second kappa shape index (κ2) is 15.9. The Morgan fingerprint density at radius 1 is 1.00 bits per heavy atom. The van der Waals surface area contributed by atoms with Crippen molar-refractivity contribution in [2.24, 2.45) is 11.8 Å². The summed E-state index contributed by atoms with van der Waals surface area (Å²) in [7, 11) is 0. The number of carbonyl (C=O) groups excluding carboxylic acids is 3. The number of nitrogens with zero attached hydrogens (tertiary/aromatic N) is 1. The first-order valence-electron chi connectivity index (χ1n) is 14.8. The lowest BCUT2D eigenvalue weighted by Crippen LogP contribution is -2.51. The third kappa shape index (κ3) is 9.55. The summed E-state index contributed by atoms with van der Waals surface area (Å²) in [5.41, 5.74) is 1.73. The Kier molecular flexibility index (Phi) is 12.0. The van der Waals surface area contributed by atoms with E-state index in [4.69, 9.17) is 16.3 Å². The molecule has 9 heteroatoms. The van der Waals surface area contributed by atoms with Gasteiger partial charge in [0.25, 0.3) is 0 Å². The van der Waals surface area contributed by atoms with E-state index >= 15 is 0 Å². The van der Waals surface area contributed by atoms with Crippen molar-refractivity contribution in [3.63, 3.8) is 0 Å². The molecule has 1 saturated heterocycles. The minimum atomic E-state index is -0.753. The molecule has 0 aromatic heterocycles. The Labute approximate surface area is 247 Å². The number of hydrogen-bond donors (Lipinski definition) is 3. The number of hydrogen-bond acceptors (Lipinski definition) is 6. The van der Waals surface area contributed by atoms with Gasteiger partial charge in [0, 0.05) is 11.6 Å². The van der Waals surface area contributed by atoms with E-state index in [-0.39, 0.29) is 31.1 Å². The Morgan fingerprint density at radius 2 is 1.78 bits per heavy atom. The molecule has 0 radical (unpaired) electrons. The Bertz CT molecular complexity index is 1130. The van der Waals surface area contributed by atoms with Crippen molar-refractivity contribution >= 4 is 29.9 Å². The molecule has 0 spiro atoms. The van der Waals surface area contributed by atoms with E-state index < -0.39 is 18.2 Å². The monoisotopic (exact) mass is 583 g/mol. The second-order valence-corrected chi connectivity index (χ2v) is 11.8. The third-order valence-electron chi connectivity index (χ3n) is 8.33. The fourth-order valence-corrected chi connectivity index (χ4v) is 6.38. The molecule has 8 nitrogen and oxygen atoms in total. The summed E-state index contributed by atoms with van der Waals surface area (Å²) in [4.78, 5) is 40.2. The molecule has 2 amide bonds. The molecule has 2 aromatic carbocycles. The van der Waals surface area contributed by atoms with Crippen LogP contribution in [0.4, 0.5) is 4.79 Å². The van der Waals surface area contributed by atoms with Crippen LogP contribution in [0.2, 0.25) is 5.02 Å². The molecule has 4 atom stereocenters. The van der Waals surface area contributed by atoms with Crippen LogP contribution in [-0.4, -0.2) is 60.1 Å². The third-order valence-corrected chi connectivity index (χ3v) is 8.56. The van der Waals surface area contributed by atoms with Crippen molar-refractivity contribution < 1.29 is 24.2 Å². The lowest BCUT2D eigenvalue weighted by Gasteiger charge is -2.28. The van der Waals surface area contributed by atoms with E-state index in [0.717, 1.165) is 56.1 Å². The number of likely N-dealkylation sites (tertiary alicyclic amines) is 1. The average Bonchev–Trinajstić information content (AvgIpc) is 3.44. The molecule has 2 fully saturated rings. The molecule has 3 N–H and O–H groups in total. The maximum atomic E-state index is 13.5. The lowest BCUT2D eigenvalue weighted by molar-refractivity contribution is -0.124. The molecule has 1 heterocycles. The van der Waals surface area contributed by atoms with Gasteiger partial charge in [-0.25, -0.2) is 4.79 Å². The van der Waals surface area contributed by atoms with Crippen LogP contribution in [0.5, 0.6) is 0 Å². The predicted molar refractivity (Wildman–Crippen MR) is 158 cm³/mol. The minimum absolute atomic E-state index is 0.0480. The van der Waals surface area contributed by atoms with Gasteiger partial charge in [-0.05, 0) is 60.9 Å². The van der Waals surface area contributed by atoms with Crippen molar-refractivity contribution in [3.8, 4) is 0 Å². The Hall–Kier alpha value is -2.94. The number of carbonyl (C=O) groups is 3. The van der Waals surface area contributed by atoms with Gasteiger partial charge in [-0.15, -0.1) is 0 Å². The summed E-state index contributed by atoms with van der Waals surface area (Å²) >= 11 is 6.03. The predicted octanol–water partition coefficient (Wildman–Crippen LogP) is 5.03. The number of rotatable bonds is 13. The summed E-state index contributed by atoms with van der Waals surface area (Å²) in [5.74, 6) is 0.271. The standard InChI is InChI=1S/C32H42ClN3O5/c33-27-13-7-10-25(16-27)22-41-32(40)35-29(18-23-8-3-1-4-9-23)31(39)34-28(20-37)17-24-14-15-36(19-24)30(21-38)26-11-5-2-6-12-26/h2,5-7,10-13,16,21,23-24,28-30,37H,1,3-4,8-9,14-15,17-20,22H2,(H,34,39)(H,35,40)/t24?,28?,29-,30?/m0/s1. The number of aliphatic hydroxyl groups excluding tert-OH is 1. The van der Waals surface area contributed by atoms with Gasteiger partial charge in [-0.3, -0.25) is 9.69 Å². The van der Waals surface area contributed by atoms with Gasteiger partial charge >= 0.3 is 6.09 Å². The summed E-state index contributed by atoms with van der Waals surface area (Å²) in [6, 6.07) is 15.3. The van der Waals surface area contributed by atoms with Crippen LogP contribution >= 0.6 is 11.6 Å². The van der Waals surface area contributed by atoms with Crippen molar-refractivity contribution in [1.82, 2.24) is 15.5 Å². The van der Waals surface area contributed by atoms with E-state index in [1.807, 2.05) is 36.4 Å². The molecule has 3 unspecified atom stereocenters. The minimum Gasteiger partial charge on any atom is -0.445 e. The summed E-state index contributed by atoms with van der Waals surface area (Å²) < 4.78 is 5.40. The van der Waals surface area contributed by atoms with Crippen molar-refractivity contribution in [2.45, 2.75) is 76.1 Å². The highest BCUT2D eigenvalue weighted by Gasteiger charge is 2.32. The van der Waals surface area contributed by atoms with Gasteiger partial charge in [-0.2, -0.15) is 0 Å². The first-order valence-corrected chi connectivity index (χ1v) is 15.2. The topological polar surface area (TPSA) is 108 Å². The average molecular weight is 584 g/mol. The van der Waals surface area contributed by atoms with Gasteiger partial charge in [0.1, 0.15) is 18.9 Å². The number of aliphatic hydroxyl groups is 1. The summed E-state index contributed by atoms with van der Waals surface area (Å²) in [5, 5.41) is 16.5. The molecule has 2 aromatic rings. The van der Waals surface area contributed by atoms with Crippen LogP contribution in [0.1, 0.15) is 68.5 Å². The zero-order valence-electron chi connectivity index (χ0n) is 23.6. The van der Waals surface area contributed by atoms with Gasteiger partial charge in [0.15, 0.2) is 0 Å². The van der Waals surface area contributed by atoms with Crippen LogP contribution < -0.4 is 10.6 Å². The zero-order chi connectivity index (χ0) is 29.0. The van der Waals surface area contributed by atoms with Crippen LogP contribution in [0.15, 0.2) is 54.6 Å². The highest BCUT2D eigenvalue weighted by atomic mass is 35.5. The van der Waals surface area contributed by atoms with Crippen LogP contribution in [0, 0.1) is 11.8 Å². The van der Waals surface area contributed by atoms with Gasteiger partial charge < -0.3 is 25.3 Å². The van der Waals surface area contributed by atoms with E-state index in [0.29, 0.717) is 30.3 Å². The zero-order valence-corrected chi connectivity index (χ0v) is 24.3. The number of alkyl carbamates (subject to hydrolysis) is 1. The Balaban J connectivity index is 1.33. The second-order valence-electron chi connectivity index (χ2n) is 11.4. The number of benzene rings is 2. The van der Waals surface area contributed by atoms with Crippen LogP contribution in [-0.2, 0) is 20.9 Å². The number of nitrogens with one attached hydrogen (secondary N) is 2. The molecule has 222 valence electrons. The maximum Gasteiger partial charge on any atom is 0.408 e. The molecular weight excluding hydrogens is 542 g/mol. The summed E-state index contributed by atoms with van der Waals surface area (Å²) in [6.45, 7) is 1.34. The summed E-state index contributed by atoms with van der Waals surface area (Å²) in [6.07, 6.45) is 7.84. The molecule has 1 saturated carbocycles. The van der Waals surface area contributed by atoms with Gasteiger partial charge in [0.05, 0.1) is 18.7 Å². The fraction of sp³-hybridized carbons (Fsp3) is 0.531. The normalized spacial score (nSPS) is 20.1. The highest BCUT2D eigenvalue weighted by molar-refractivity contribution is 6.30. The van der Waals surface area contributed by atoms with Crippen molar-refractivity contribution in [1.29, 1.82) is 0 Å². The largest absolute Gasteiger partial charge is 0.445 e. The van der Waals surface area contributed by atoms with Crippen molar-refractivity contribution in [2.75, 3.05) is 19.7 Å². The highest BCUT2D eigenvalue weighted by Crippen LogP contribution is 2.30. The molecular formula is C32H42ClN3O5. The first kappa shape index (κ1) is 31.0. The van der Waals surface area contributed by atoms with E-state index in [1.54, 1.807) is 18.2 Å². The van der Waals surface area contributed by atoms with E-state index in [1.165, 1.54) is 6.42 Å². The van der Waals surface area contributed by atoms with Crippen LogP contribution in [0.3, 0.4) is 0 Å². The maximum absolute atomic E-state index is 13.5. The van der Waals surface area contributed by atoms with E-state index in [9.17, 15) is 19.5 Å².